The molecule has 0 aromatic heterocycles. The van der Waals surface area contributed by atoms with E-state index in [0.717, 1.165) is 38.9 Å². The predicted octanol–water partition coefficient (Wildman–Crippen LogP) is 0.454. The Bertz CT molecular complexity index is 296. The van der Waals surface area contributed by atoms with Crippen molar-refractivity contribution in [1.29, 1.82) is 0 Å². The quantitative estimate of drug-likeness (QED) is 0.776. The molecule has 2 aliphatic heterocycles. The monoisotopic (exact) mass is 238 g/mol. The average molecular weight is 238 g/mol. The minimum atomic E-state index is 0.148. The molecule has 0 aromatic carbocycles. The standard InChI is InChI=1S/C13H22N2O2/c16-9-10-3-6-14(7-4-10)12-5-8-15(13(12)17)11-1-2-11/h10-12,16H,1-9H2. The second kappa shape index (κ2) is 4.58. The summed E-state index contributed by atoms with van der Waals surface area (Å²) in [6.45, 7) is 3.25. The maximum absolute atomic E-state index is 12.3. The molecule has 0 bridgehead atoms. The first-order valence-electron chi connectivity index (χ1n) is 6.95. The van der Waals surface area contributed by atoms with Gasteiger partial charge in [-0.05, 0) is 51.1 Å². The zero-order valence-electron chi connectivity index (χ0n) is 10.3. The minimum Gasteiger partial charge on any atom is -0.396 e. The van der Waals surface area contributed by atoms with Gasteiger partial charge in [0.1, 0.15) is 0 Å². The molecule has 2 heterocycles. The molecule has 1 saturated carbocycles. The van der Waals surface area contributed by atoms with Gasteiger partial charge in [-0.25, -0.2) is 0 Å². The van der Waals surface area contributed by atoms with E-state index in [0.29, 0.717) is 24.5 Å². The van der Waals surface area contributed by atoms with E-state index in [1.807, 2.05) is 0 Å². The van der Waals surface area contributed by atoms with Crippen molar-refractivity contribution >= 4 is 5.91 Å². The lowest BCUT2D eigenvalue weighted by Crippen LogP contribution is -2.46. The van der Waals surface area contributed by atoms with E-state index in [4.69, 9.17) is 5.11 Å². The summed E-state index contributed by atoms with van der Waals surface area (Å²) < 4.78 is 0. The Morgan fingerprint density at radius 3 is 2.35 bits per heavy atom. The highest BCUT2D eigenvalue weighted by Gasteiger charge is 2.43. The summed E-state index contributed by atoms with van der Waals surface area (Å²) in [6, 6.07) is 0.720. The van der Waals surface area contributed by atoms with Crippen LogP contribution in [0.5, 0.6) is 0 Å². The molecule has 96 valence electrons. The second-order valence-corrected chi connectivity index (χ2v) is 5.73. The molecule has 1 amide bonds. The summed E-state index contributed by atoms with van der Waals surface area (Å²) in [4.78, 5) is 16.7. The summed E-state index contributed by atoms with van der Waals surface area (Å²) in [7, 11) is 0. The highest BCUT2D eigenvalue weighted by molar-refractivity contribution is 5.84. The van der Waals surface area contributed by atoms with E-state index in [2.05, 4.69) is 9.80 Å². The van der Waals surface area contributed by atoms with Crippen molar-refractivity contribution in [1.82, 2.24) is 9.80 Å². The first-order valence-corrected chi connectivity index (χ1v) is 6.95. The molecule has 0 radical (unpaired) electrons. The lowest BCUT2D eigenvalue weighted by molar-refractivity contribution is -0.133. The van der Waals surface area contributed by atoms with Crippen LogP contribution >= 0.6 is 0 Å². The number of nitrogens with zero attached hydrogens (tertiary/aromatic N) is 2. The maximum Gasteiger partial charge on any atom is 0.240 e. The Morgan fingerprint density at radius 2 is 1.76 bits per heavy atom. The van der Waals surface area contributed by atoms with E-state index in [1.54, 1.807) is 0 Å². The molecule has 3 rings (SSSR count). The van der Waals surface area contributed by atoms with Gasteiger partial charge in [0, 0.05) is 19.2 Å². The van der Waals surface area contributed by atoms with Crippen LogP contribution in [-0.2, 0) is 4.79 Å². The number of hydrogen-bond acceptors (Lipinski definition) is 3. The SMILES string of the molecule is O=C1C(N2CCC(CO)CC2)CCN1C1CC1. The van der Waals surface area contributed by atoms with E-state index in [1.165, 1.54) is 12.8 Å². The third-order valence-corrected chi connectivity index (χ3v) is 4.55. The van der Waals surface area contributed by atoms with Gasteiger partial charge in [0.25, 0.3) is 0 Å². The Morgan fingerprint density at radius 1 is 1.06 bits per heavy atom. The van der Waals surface area contributed by atoms with Crippen LogP contribution in [0.15, 0.2) is 0 Å². The zero-order chi connectivity index (χ0) is 11.8. The van der Waals surface area contributed by atoms with Gasteiger partial charge < -0.3 is 10.0 Å². The normalized spacial score (nSPS) is 32.4. The number of carbonyl (C=O) groups is 1. The summed E-state index contributed by atoms with van der Waals surface area (Å²) in [5.41, 5.74) is 0. The number of amides is 1. The maximum atomic E-state index is 12.3. The van der Waals surface area contributed by atoms with Gasteiger partial charge in [0.15, 0.2) is 0 Å². The highest BCUT2D eigenvalue weighted by Crippen LogP contribution is 2.33. The molecule has 3 fully saturated rings. The van der Waals surface area contributed by atoms with Crippen molar-refractivity contribution in [3.8, 4) is 0 Å². The topological polar surface area (TPSA) is 43.8 Å². The number of piperidine rings is 1. The van der Waals surface area contributed by atoms with Gasteiger partial charge in [-0.1, -0.05) is 0 Å². The van der Waals surface area contributed by atoms with Crippen molar-refractivity contribution in [2.24, 2.45) is 5.92 Å². The Kier molecular flexibility index (Phi) is 3.09. The fourth-order valence-corrected chi connectivity index (χ4v) is 3.22. The number of aliphatic hydroxyl groups is 1. The smallest absolute Gasteiger partial charge is 0.240 e. The van der Waals surface area contributed by atoms with Gasteiger partial charge in [0.2, 0.25) is 5.91 Å². The Hall–Kier alpha value is -0.610. The molecule has 0 spiro atoms. The summed E-state index contributed by atoms with van der Waals surface area (Å²) in [5.74, 6) is 0.831. The molecule has 2 saturated heterocycles. The van der Waals surface area contributed by atoms with Crippen LogP contribution in [0.2, 0.25) is 0 Å². The fraction of sp³-hybridized carbons (Fsp3) is 0.923. The fourth-order valence-electron chi connectivity index (χ4n) is 3.22. The second-order valence-electron chi connectivity index (χ2n) is 5.73. The van der Waals surface area contributed by atoms with Crippen molar-refractivity contribution in [3.63, 3.8) is 0 Å². The summed E-state index contributed by atoms with van der Waals surface area (Å²) in [6.07, 6.45) is 5.53. The zero-order valence-corrected chi connectivity index (χ0v) is 10.3. The largest absolute Gasteiger partial charge is 0.396 e. The molecule has 0 aromatic rings. The van der Waals surface area contributed by atoms with Crippen LogP contribution in [0.25, 0.3) is 0 Å². The number of rotatable bonds is 3. The van der Waals surface area contributed by atoms with E-state index >= 15 is 0 Å². The molecule has 1 aliphatic carbocycles. The number of likely N-dealkylation sites (tertiary alicyclic amines) is 2. The van der Waals surface area contributed by atoms with Crippen LogP contribution in [0.1, 0.15) is 32.1 Å². The van der Waals surface area contributed by atoms with Crippen LogP contribution in [0.3, 0.4) is 0 Å². The summed E-state index contributed by atoms with van der Waals surface area (Å²) >= 11 is 0. The third kappa shape index (κ3) is 2.20. The first-order chi connectivity index (χ1) is 8.29. The van der Waals surface area contributed by atoms with E-state index in [-0.39, 0.29) is 6.04 Å². The van der Waals surface area contributed by atoms with Crippen molar-refractivity contribution in [2.75, 3.05) is 26.2 Å². The van der Waals surface area contributed by atoms with Crippen LogP contribution < -0.4 is 0 Å². The van der Waals surface area contributed by atoms with E-state index in [9.17, 15) is 4.79 Å². The van der Waals surface area contributed by atoms with Gasteiger partial charge in [0.05, 0.1) is 6.04 Å². The molecule has 17 heavy (non-hydrogen) atoms. The van der Waals surface area contributed by atoms with Gasteiger partial charge in [-0.3, -0.25) is 9.69 Å². The number of hydrogen-bond donors (Lipinski definition) is 1. The first kappa shape index (κ1) is 11.5. The van der Waals surface area contributed by atoms with E-state index < -0.39 is 0 Å². The van der Waals surface area contributed by atoms with Crippen molar-refractivity contribution in [3.05, 3.63) is 0 Å². The molecule has 3 aliphatic rings. The number of aliphatic hydroxyl groups excluding tert-OH is 1. The lowest BCUT2D eigenvalue weighted by atomic mass is 9.96. The van der Waals surface area contributed by atoms with Crippen LogP contribution in [0, 0.1) is 5.92 Å². The van der Waals surface area contributed by atoms with Crippen molar-refractivity contribution in [2.45, 2.75) is 44.2 Å². The molecule has 4 heteroatoms. The van der Waals surface area contributed by atoms with Crippen molar-refractivity contribution < 1.29 is 9.90 Å². The average Bonchev–Trinajstić information content (AvgIpc) is 3.13. The van der Waals surface area contributed by atoms with Crippen LogP contribution in [0.4, 0.5) is 0 Å². The predicted molar refractivity (Wildman–Crippen MR) is 64.5 cm³/mol. The molecule has 1 N–H and O–H groups in total. The van der Waals surface area contributed by atoms with Gasteiger partial charge >= 0.3 is 0 Å². The number of carbonyl (C=O) groups excluding carboxylic acids is 1. The molecular weight excluding hydrogens is 216 g/mol. The van der Waals surface area contributed by atoms with Crippen LogP contribution in [-0.4, -0.2) is 59.1 Å². The Balaban J connectivity index is 1.56. The molecule has 1 unspecified atom stereocenters. The Labute approximate surface area is 103 Å². The molecule has 4 nitrogen and oxygen atoms in total. The molecular formula is C13H22N2O2. The third-order valence-electron chi connectivity index (χ3n) is 4.55. The van der Waals surface area contributed by atoms with Gasteiger partial charge in [-0.15, -0.1) is 0 Å². The summed E-state index contributed by atoms with van der Waals surface area (Å²) in [5, 5.41) is 9.12. The lowest BCUT2D eigenvalue weighted by Gasteiger charge is -2.34. The van der Waals surface area contributed by atoms with Gasteiger partial charge in [-0.2, -0.15) is 0 Å². The molecule has 1 atom stereocenters. The minimum absolute atomic E-state index is 0.148. The highest BCUT2D eigenvalue weighted by atomic mass is 16.3.